The van der Waals surface area contributed by atoms with Gasteiger partial charge in [0.15, 0.2) is 5.96 Å². The number of nitrogens with one attached hydrogen (secondary N) is 2. The van der Waals surface area contributed by atoms with E-state index in [9.17, 15) is 4.79 Å². The molecule has 0 aromatic heterocycles. The maximum absolute atomic E-state index is 12.1. The maximum Gasteiger partial charge on any atom is 0.222 e. The molecule has 3 rings (SSSR count). The van der Waals surface area contributed by atoms with E-state index in [1.807, 2.05) is 30.3 Å². The van der Waals surface area contributed by atoms with Gasteiger partial charge in [-0.1, -0.05) is 43.2 Å². The molecule has 0 radical (unpaired) electrons. The topological polar surface area (TPSA) is 56.7 Å². The maximum atomic E-state index is 12.1. The van der Waals surface area contributed by atoms with Crippen LogP contribution in [0.25, 0.3) is 0 Å². The first-order chi connectivity index (χ1) is 12.8. The van der Waals surface area contributed by atoms with Crippen molar-refractivity contribution in [3.05, 3.63) is 35.9 Å². The Bertz CT molecular complexity index is 593. The molecule has 1 saturated carbocycles. The van der Waals surface area contributed by atoms with Crippen molar-refractivity contribution in [2.75, 3.05) is 26.2 Å². The van der Waals surface area contributed by atoms with Crippen LogP contribution in [0.5, 0.6) is 0 Å². The van der Waals surface area contributed by atoms with E-state index in [0.29, 0.717) is 19.5 Å². The Balaban J connectivity index is 0.00000261. The molecule has 0 bridgehead atoms. The molecule has 1 saturated heterocycles. The minimum atomic E-state index is 0. The lowest BCUT2D eigenvalue weighted by Gasteiger charge is -2.22. The third kappa shape index (κ3) is 6.66. The molecule has 1 amide bonds. The minimum absolute atomic E-state index is 0. The molecule has 150 valence electrons. The first-order valence-corrected chi connectivity index (χ1v) is 10.1. The van der Waals surface area contributed by atoms with Gasteiger partial charge >= 0.3 is 0 Å². The van der Waals surface area contributed by atoms with E-state index in [1.165, 1.54) is 25.7 Å². The summed E-state index contributed by atoms with van der Waals surface area (Å²) in [5, 5.41) is 6.38. The van der Waals surface area contributed by atoms with Crippen molar-refractivity contribution < 1.29 is 4.79 Å². The molecular formula is C21H33IN4O. The number of carbonyl (C=O) groups excluding carboxylic acids is 1. The molecule has 2 fully saturated rings. The van der Waals surface area contributed by atoms with E-state index in [-0.39, 0.29) is 29.9 Å². The van der Waals surface area contributed by atoms with Crippen LogP contribution in [0.15, 0.2) is 35.3 Å². The Labute approximate surface area is 180 Å². The van der Waals surface area contributed by atoms with Gasteiger partial charge in [-0.05, 0) is 37.2 Å². The fourth-order valence-corrected chi connectivity index (χ4v) is 4.15. The second-order valence-corrected chi connectivity index (χ2v) is 7.46. The van der Waals surface area contributed by atoms with E-state index < -0.39 is 0 Å². The van der Waals surface area contributed by atoms with Crippen LogP contribution >= 0.6 is 24.0 Å². The highest BCUT2D eigenvalue weighted by molar-refractivity contribution is 14.0. The van der Waals surface area contributed by atoms with Crippen molar-refractivity contribution >= 4 is 35.8 Å². The van der Waals surface area contributed by atoms with Crippen molar-refractivity contribution in [3.63, 3.8) is 0 Å². The van der Waals surface area contributed by atoms with E-state index in [4.69, 9.17) is 4.99 Å². The zero-order valence-electron chi connectivity index (χ0n) is 16.3. The van der Waals surface area contributed by atoms with Crippen LogP contribution in [0.3, 0.4) is 0 Å². The molecule has 1 aromatic rings. The molecule has 0 spiro atoms. The standard InChI is InChI=1S/C21H32N4O.HI/c1-2-22-21(25-15-18-10-6-7-11-19(18)16-25)23-13-12-20(26)24-14-17-8-4-3-5-9-17;/h3-5,8-9,18-19H,2,6-7,10-16H2,1H3,(H,22,23)(H,24,26);1H. The molecule has 1 aliphatic carbocycles. The number of likely N-dealkylation sites (tertiary alicyclic amines) is 1. The second kappa shape index (κ2) is 11.5. The van der Waals surface area contributed by atoms with Crippen LogP contribution in [-0.2, 0) is 11.3 Å². The highest BCUT2D eigenvalue weighted by Crippen LogP contribution is 2.35. The van der Waals surface area contributed by atoms with Gasteiger partial charge in [0.25, 0.3) is 0 Å². The molecule has 1 aliphatic heterocycles. The molecule has 6 heteroatoms. The summed E-state index contributed by atoms with van der Waals surface area (Å²) >= 11 is 0. The number of halogens is 1. The number of hydrogen-bond donors (Lipinski definition) is 2. The van der Waals surface area contributed by atoms with E-state index in [1.54, 1.807) is 0 Å². The van der Waals surface area contributed by atoms with E-state index >= 15 is 0 Å². The number of fused-ring (bicyclic) bond motifs is 1. The van der Waals surface area contributed by atoms with Crippen LogP contribution in [0.1, 0.15) is 44.6 Å². The predicted molar refractivity (Wildman–Crippen MR) is 121 cm³/mol. The Kier molecular flexibility index (Phi) is 9.38. The van der Waals surface area contributed by atoms with Crippen LogP contribution < -0.4 is 10.6 Å². The Hall–Kier alpha value is -1.31. The number of amides is 1. The average molecular weight is 484 g/mol. The lowest BCUT2D eigenvalue weighted by molar-refractivity contribution is -0.121. The van der Waals surface area contributed by atoms with Gasteiger partial charge in [-0.25, -0.2) is 0 Å². The molecule has 2 unspecified atom stereocenters. The number of aliphatic imine (C=N–C) groups is 1. The Morgan fingerprint density at radius 1 is 1.11 bits per heavy atom. The summed E-state index contributed by atoms with van der Waals surface area (Å²) in [6, 6.07) is 10.0. The quantitative estimate of drug-likeness (QED) is 0.370. The minimum Gasteiger partial charge on any atom is -0.357 e. The van der Waals surface area contributed by atoms with Gasteiger partial charge in [-0.3, -0.25) is 9.79 Å². The predicted octanol–water partition coefficient (Wildman–Crippen LogP) is 3.40. The highest BCUT2D eigenvalue weighted by Gasteiger charge is 2.35. The Morgan fingerprint density at radius 3 is 2.41 bits per heavy atom. The zero-order chi connectivity index (χ0) is 18.2. The number of guanidine groups is 1. The number of carbonyl (C=O) groups is 1. The first-order valence-electron chi connectivity index (χ1n) is 10.1. The molecule has 1 aromatic carbocycles. The second-order valence-electron chi connectivity index (χ2n) is 7.46. The molecule has 5 nitrogen and oxygen atoms in total. The van der Waals surface area contributed by atoms with Crippen molar-refractivity contribution in [3.8, 4) is 0 Å². The van der Waals surface area contributed by atoms with Gasteiger partial charge in [0.05, 0.1) is 6.54 Å². The Morgan fingerprint density at radius 2 is 1.78 bits per heavy atom. The average Bonchev–Trinajstić information content (AvgIpc) is 3.10. The fourth-order valence-electron chi connectivity index (χ4n) is 4.15. The van der Waals surface area contributed by atoms with Crippen LogP contribution in [0.4, 0.5) is 0 Å². The van der Waals surface area contributed by atoms with E-state index in [0.717, 1.165) is 43.0 Å². The van der Waals surface area contributed by atoms with Crippen LogP contribution in [0.2, 0.25) is 0 Å². The number of benzene rings is 1. The summed E-state index contributed by atoms with van der Waals surface area (Å²) in [7, 11) is 0. The lowest BCUT2D eigenvalue weighted by atomic mass is 9.82. The van der Waals surface area contributed by atoms with Crippen LogP contribution in [-0.4, -0.2) is 42.9 Å². The van der Waals surface area contributed by atoms with E-state index in [2.05, 4.69) is 22.5 Å². The smallest absolute Gasteiger partial charge is 0.222 e. The molecule has 2 N–H and O–H groups in total. The zero-order valence-corrected chi connectivity index (χ0v) is 18.7. The van der Waals surface area contributed by atoms with Crippen molar-refractivity contribution in [2.24, 2.45) is 16.8 Å². The van der Waals surface area contributed by atoms with Crippen molar-refractivity contribution in [2.45, 2.75) is 45.6 Å². The van der Waals surface area contributed by atoms with Gasteiger partial charge in [-0.15, -0.1) is 24.0 Å². The summed E-state index contributed by atoms with van der Waals surface area (Å²) in [6.45, 7) is 6.33. The molecule has 2 aliphatic rings. The van der Waals surface area contributed by atoms with Gasteiger partial charge in [0.1, 0.15) is 0 Å². The first kappa shape index (κ1) is 22.0. The van der Waals surface area contributed by atoms with Crippen molar-refractivity contribution in [1.82, 2.24) is 15.5 Å². The van der Waals surface area contributed by atoms with Gasteiger partial charge in [0.2, 0.25) is 5.91 Å². The molecule has 2 atom stereocenters. The summed E-state index contributed by atoms with van der Waals surface area (Å²) < 4.78 is 0. The largest absolute Gasteiger partial charge is 0.357 e. The van der Waals surface area contributed by atoms with Gasteiger partial charge in [0, 0.05) is 32.6 Å². The lowest BCUT2D eigenvalue weighted by Crippen LogP contribution is -2.40. The van der Waals surface area contributed by atoms with Gasteiger partial charge in [-0.2, -0.15) is 0 Å². The SMILES string of the molecule is CCNC(=NCCC(=O)NCc1ccccc1)N1CC2CCCCC2C1.I. The third-order valence-corrected chi connectivity index (χ3v) is 5.54. The number of nitrogens with zero attached hydrogens (tertiary/aromatic N) is 2. The highest BCUT2D eigenvalue weighted by atomic mass is 127. The van der Waals surface area contributed by atoms with Gasteiger partial charge < -0.3 is 15.5 Å². The third-order valence-electron chi connectivity index (χ3n) is 5.54. The number of rotatable bonds is 6. The normalized spacial score (nSPS) is 22.0. The van der Waals surface area contributed by atoms with Crippen molar-refractivity contribution in [1.29, 1.82) is 0 Å². The summed E-state index contributed by atoms with van der Waals surface area (Å²) in [5.74, 6) is 2.71. The monoisotopic (exact) mass is 484 g/mol. The fraction of sp³-hybridized carbons (Fsp3) is 0.619. The summed E-state index contributed by atoms with van der Waals surface area (Å²) in [6.07, 6.45) is 5.92. The number of hydrogen-bond acceptors (Lipinski definition) is 2. The molecule has 27 heavy (non-hydrogen) atoms. The summed E-state index contributed by atoms with van der Waals surface area (Å²) in [4.78, 5) is 19.2. The molecular weight excluding hydrogens is 451 g/mol. The summed E-state index contributed by atoms with van der Waals surface area (Å²) in [5.41, 5.74) is 1.12. The van der Waals surface area contributed by atoms with Crippen LogP contribution in [0, 0.1) is 11.8 Å². The molecule has 1 heterocycles.